The van der Waals surface area contributed by atoms with Crippen LogP contribution in [0.15, 0.2) is 29.2 Å². The number of likely N-dealkylation sites (tertiary alicyclic amines) is 1. The second kappa shape index (κ2) is 10.1. The molecule has 0 spiro atoms. The van der Waals surface area contributed by atoms with Crippen molar-refractivity contribution < 1.29 is 24.2 Å². The van der Waals surface area contributed by atoms with Crippen molar-refractivity contribution in [2.75, 3.05) is 20.2 Å². The summed E-state index contributed by atoms with van der Waals surface area (Å²) < 4.78 is 5.78. The highest BCUT2D eigenvalue weighted by Crippen LogP contribution is 2.34. The summed E-state index contributed by atoms with van der Waals surface area (Å²) in [5.41, 5.74) is 0.792. The van der Waals surface area contributed by atoms with Crippen molar-refractivity contribution >= 4 is 52.2 Å². The number of carbonyl (C=O) groups excluding carboxylic acids is 2. The molecule has 2 amide bonds. The minimum atomic E-state index is -0.957. The zero-order valence-corrected chi connectivity index (χ0v) is 18.3. The first-order valence-corrected chi connectivity index (χ1v) is 11.1. The second-order valence-corrected chi connectivity index (χ2v) is 8.79. The van der Waals surface area contributed by atoms with Gasteiger partial charge in [0.1, 0.15) is 16.1 Å². The van der Waals surface area contributed by atoms with Crippen LogP contribution in [0.3, 0.4) is 0 Å². The molecule has 3 rings (SSSR count). The van der Waals surface area contributed by atoms with Crippen LogP contribution in [0.25, 0.3) is 6.08 Å². The zero-order valence-electron chi connectivity index (χ0n) is 16.7. The Balaban J connectivity index is 1.59. The van der Waals surface area contributed by atoms with Crippen molar-refractivity contribution in [3.63, 3.8) is 0 Å². The molecular weight excluding hydrogens is 424 g/mol. The van der Waals surface area contributed by atoms with Crippen molar-refractivity contribution in [2.24, 2.45) is 0 Å². The smallest absolute Gasteiger partial charge is 0.326 e. The minimum Gasteiger partial charge on any atom is -0.496 e. The molecule has 30 heavy (non-hydrogen) atoms. The van der Waals surface area contributed by atoms with Gasteiger partial charge in [0.2, 0.25) is 5.91 Å². The third kappa shape index (κ3) is 5.02. The lowest BCUT2D eigenvalue weighted by atomic mass is 10.0. The van der Waals surface area contributed by atoms with E-state index in [-0.39, 0.29) is 18.2 Å². The number of amides is 2. The highest BCUT2D eigenvalue weighted by atomic mass is 32.2. The number of nitrogens with zero attached hydrogens (tertiary/aromatic N) is 2. The Bertz CT molecular complexity index is 886. The first-order chi connectivity index (χ1) is 14.4. The van der Waals surface area contributed by atoms with E-state index in [0.717, 1.165) is 18.4 Å². The van der Waals surface area contributed by atoms with E-state index >= 15 is 0 Å². The molecule has 1 aromatic carbocycles. The molecule has 7 nitrogen and oxygen atoms in total. The van der Waals surface area contributed by atoms with E-state index in [4.69, 9.17) is 17.0 Å². The molecule has 1 atom stereocenters. The maximum Gasteiger partial charge on any atom is 0.326 e. The maximum absolute atomic E-state index is 12.8. The number of ether oxygens (including phenoxy) is 1. The number of benzene rings is 1. The van der Waals surface area contributed by atoms with Crippen LogP contribution in [0.5, 0.6) is 5.75 Å². The number of carbonyl (C=O) groups is 3. The normalized spacial score (nSPS) is 20.7. The molecule has 2 aliphatic rings. The van der Waals surface area contributed by atoms with Crippen molar-refractivity contribution in [3.05, 3.63) is 34.7 Å². The molecule has 1 aromatic rings. The Morgan fingerprint density at radius 1 is 1.33 bits per heavy atom. The van der Waals surface area contributed by atoms with Crippen LogP contribution in [-0.2, 0) is 14.4 Å². The van der Waals surface area contributed by atoms with Gasteiger partial charge < -0.3 is 14.7 Å². The Morgan fingerprint density at radius 2 is 2.10 bits per heavy atom. The monoisotopic (exact) mass is 448 g/mol. The van der Waals surface area contributed by atoms with Crippen LogP contribution in [0.1, 0.15) is 37.7 Å². The van der Waals surface area contributed by atoms with E-state index in [1.165, 1.54) is 21.6 Å². The molecule has 9 heteroatoms. The van der Waals surface area contributed by atoms with Gasteiger partial charge in [0, 0.05) is 25.1 Å². The quantitative estimate of drug-likeness (QED) is 0.506. The van der Waals surface area contributed by atoms with Crippen molar-refractivity contribution in [1.82, 2.24) is 9.80 Å². The molecular formula is C21H24N2O5S2. The molecule has 2 aliphatic heterocycles. The first-order valence-electron chi connectivity index (χ1n) is 9.83. The van der Waals surface area contributed by atoms with Crippen LogP contribution >= 0.6 is 24.0 Å². The standard InChI is InChI=1S/C21H24N2O5S2/c1-28-16-9-3-2-7-14(16)13-17-19(25)23(21(29)30-17)12-6-10-18(24)22-11-5-4-8-15(22)20(26)27/h2-3,7,9,13,15H,4-6,8,10-12H2,1H3,(H,26,27)/b17-13-/t15-/m0/s1. The van der Waals surface area contributed by atoms with Gasteiger partial charge in [-0.15, -0.1) is 0 Å². The number of para-hydroxylation sites is 1. The summed E-state index contributed by atoms with van der Waals surface area (Å²) in [5, 5.41) is 9.33. The molecule has 0 bridgehead atoms. The van der Waals surface area contributed by atoms with Crippen LogP contribution in [0, 0.1) is 0 Å². The molecule has 1 N–H and O–H groups in total. The lowest BCUT2D eigenvalue weighted by Crippen LogP contribution is -2.48. The van der Waals surface area contributed by atoms with Crippen LogP contribution in [0.4, 0.5) is 0 Å². The van der Waals surface area contributed by atoms with Crippen LogP contribution < -0.4 is 4.74 Å². The van der Waals surface area contributed by atoms with Crippen molar-refractivity contribution in [3.8, 4) is 5.75 Å². The second-order valence-electron chi connectivity index (χ2n) is 7.12. The number of aliphatic carboxylic acids is 1. The molecule has 0 saturated carbocycles. The molecule has 0 unspecified atom stereocenters. The number of carboxylic acid groups (broad SMARTS) is 1. The van der Waals surface area contributed by atoms with E-state index in [0.29, 0.717) is 40.9 Å². The first kappa shape index (κ1) is 22.3. The largest absolute Gasteiger partial charge is 0.496 e. The number of methoxy groups -OCH3 is 1. The average Bonchev–Trinajstić information content (AvgIpc) is 3.01. The number of carboxylic acids is 1. The Kier molecular flexibility index (Phi) is 7.49. The number of rotatable bonds is 7. The summed E-state index contributed by atoms with van der Waals surface area (Å²) >= 11 is 6.58. The van der Waals surface area contributed by atoms with Gasteiger partial charge in [-0.2, -0.15) is 0 Å². The molecule has 0 aliphatic carbocycles. The van der Waals surface area contributed by atoms with Crippen LogP contribution in [0.2, 0.25) is 0 Å². The van der Waals surface area contributed by atoms with Crippen molar-refractivity contribution in [2.45, 2.75) is 38.1 Å². The van der Waals surface area contributed by atoms with Gasteiger partial charge in [-0.3, -0.25) is 14.5 Å². The Hall–Kier alpha value is -2.39. The molecule has 2 saturated heterocycles. The maximum atomic E-state index is 12.8. The van der Waals surface area contributed by atoms with Crippen LogP contribution in [-0.4, -0.2) is 63.3 Å². The fourth-order valence-electron chi connectivity index (χ4n) is 3.64. The summed E-state index contributed by atoms with van der Waals surface area (Å²) in [6.07, 6.45) is 4.49. The number of piperidine rings is 1. The third-order valence-corrected chi connectivity index (χ3v) is 6.56. The fraction of sp³-hybridized carbons (Fsp3) is 0.429. The molecule has 160 valence electrons. The average molecular weight is 449 g/mol. The molecule has 2 fully saturated rings. The van der Waals surface area contributed by atoms with E-state index in [2.05, 4.69) is 0 Å². The molecule has 0 aromatic heterocycles. The lowest BCUT2D eigenvalue weighted by Gasteiger charge is -2.33. The predicted molar refractivity (Wildman–Crippen MR) is 119 cm³/mol. The van der Waals surface area contributed by atoms with Gasteiger partial charge in [-0.25, -0.2) is 4.79 Å². The highest BCUT2D eigenvalue weighted by Gasteiger charge is 2.34. The number of thiocarbonyl (C=S) groups is 1. The van der Waals surface area contributed by atoms with E-state index in [1.807, 2.05) is 24.3 Å². The Labute approximate surface area is 185 Å². The zero-order chi connectivity index (χ0) is 21.7. The van der Waals surface area contributed by atoms with Gasteiger partial charge in [0.25, 0.3) is 5.91 Å². The molecule has 0 radical (unpaired) electrons. The topological polar surface area (TPSA) is 87.2 Å². The van der Waals surface area contributed by atoms with E-state index in [9.17, 15) is 19.5 Å². The summed E-state index contributed by atoms with van der Waals surface area (Å²) in [5.74, 6) is -0.661. The summed E-state index contributed by atoms with van der Waals surface area (Å²) in [6, 6.07) is 6.66. The van der Waals surface area contributed by atoms with Crippen molar-refractivity contribution in [1.29, 1.82) is 0 Å². The fourth-order valence-corrected chi connectivity index (χ4v) is 4.94. The lowest BCUT2D eigenvalue weighted by molar-refractivity contribution is -0.152. The minimum absolute atomic E-state index is 0.183. The van der Waals surface area contributed by atoms with E-state index < -0.39 is 12.0 Å². The van der Waals surface area contributed by atoms with Gasteiger partial charge >= 0.3 is 5.97 Å². The molecule has 2 heterocycles. The van der Waals surface area contributed by atoms with Gasteiger partial charge in [-0.1, -0.05) is 42.2 Å². The van der Waals surface area contributed by atoms with Gasteiger partial charge in [0.15, 0.2) is 0 Å². The summed E-state index contributed by atoms with van der Waals surface area (Å²) in [4.78, 5) is 40.2. The van der Waals surface area contributed by atoms with E-state index in [1.54, 1.807) is 13.2 Å². The third-order valence-electron chi connectivity index (χ3n) is 5.18. The SMILES string of the molecule is COc1ccccc1/C=C1\SC(=S)N(CCCC(=O)N2CCCC[C@H]2C(=O)O)C1=O. The number of hydrogen-bond acceptors (Lipinski definition) is 6. The number of hydrogen-bond donors (Lipinski definition) is 1. The van der Waals surface area contributed by atoms with Gasteiger partial charge in [0.05, 0.1) is 12.0 Å². The summed E-state index contributed by atoms with van der Waals surface area (Å²) in [7, 11) is 1.58. The summed E-state index contributed by atoms with van der Waals surface area (Å²) in [6.45, 7) is 0.795. The highest BCUT2D eigenvalue weighted by molar-refractivity contribution is 8.26. The Morgan fingerprint density at radius 3 is 2.83 bits per heavy atom. The number of thioether (sulfide) groups is 1. The predicted octanol–water partition coefficient (Wildman–Crippen LogP) is 3.14. The van der Waals surface area contributed by atoms with Gasteiger partial charge in [-0.05, 0) is 37.8 Å².